The Balaban J connectivity index is 2.62. The van der Waals surface area contributed by atoms with Gasteiger partial charge in [0, 0.05) is 13.1 Å². The average Bonchev–Trinajstić information content (AvgIpc) is 2.44. The lowest BCUT2D eigenvalue weighted by molar-refractivity contribution is 0.241. The molecule has 0 bridgehead atoms. The van der Waals surface area contributed by atoms with E-state index in [0.717, 1.165) is 18.6 Å². The van der Waals surface area contributed by atoms with Gasteiger partial charge < -0.3 is 15.4 Å². The zero-order valence-electron chi connectivity index (χ0n) is 13.9. The minimum atomic E-state index is -0.0959. The number of carbonyl (C=O) groups excluding carboxylic acids is 1. The van der Waals surface area contributed by atoms with E-state index in [-0.39, 0.29) is 11.4 Å². The molecule has 4 heteroatoms. The number of ether oxygens (including phenoxy) is 1. The fourth-order valence-corrected chi connectivity index (χ4v) is 2.12. The van der Waals surface area contributed by atoms with Gasteiger partial charge in [-0.15, -0.1) is 0 Å². The van der Waals surface area contributed by atoms with Gasteiger partial charge in [-0.05, 0) is 35.4 Å². The molecular weight excluding hydrogens is 264 g/mol. The van der Waals surface area contributed by atoms with Gasteiger partial charge in [-0.3, -0.25) is 0 Å². The van der Waals surface area contributed by atoms with Crippen LogP contribution in [0, 0.1) is 0 Å². The molecule has 21 heavy (non-hydrogen) atoms. The Kier molecular flexibility index (Phi) is 6.53. The molecule has 0 aliphatic rings. The van der Waals surface area contributed by atoms with E-state index in [1.165, 1.54) is 11.1 Å². The van der Waals surface area contributed by atoms with E-state index in [1.807, 2.05) is 13.0 Å². The fraction of sp³-hybridized carbons (Fsp3) is 0.588. The normalized spacial score (nSPS) is 11.1. The van der Waals surface area contributed by atoms with Crippen molar-refractivity contribution in [2.24, 2.45) is 0 Å². The highest BCUT2D eigenvalue weighted by Crippen LogP contribution is 2.32. The van der Waals surface area contributed by atoms with Crippen LogP contribution in [0.4, 0.5) is 4.79 Å². The molecule has 0 aliphatic carbocycles. The van der Waals surface area contributed by atoms with Gasteiger partial charge in [0.15, 0.2) is 0 Å². The third-order valence-corrected chi connectivity index (χ3v) is 3.31. The van der Waals surface area contributed by atoms with Crippen molar-refractivity contribution in [3.05, 3.63) is 29.3 Å². The number of carbonyl (C=O) groups is 1. The van der Waals surface area contributed by atoms with Crippen LogP contribution < -0.4 is 15.4 Å². The lowest BCUT2D eigenvalue weighted by Gasteiger charge is -2.23. The summed E-state index contributed by atoms with van der Waals surface area (Å²) in [6, 6.07) is 6.14. The number of benzene rings is 1. The van der Waals surface area contributed by atoms with Crippen molar-refractivity contribution < 1.29 is 9.53 Å². The van der Waals surface area contributed by atoms with Crippen LogP contribution in [0.1, 0.15) is 45.2 Å². The number of nitrogens with one attached hydrogen (secondary N) is 2. The molecule has 0 aliphatic heterocycles. The van der Waals surface area contributed by atoms with E-state index in [2.05, 4.69) is 43.5 Å². The SMILES string of the molecule is CCCNC(=O)NCCc1ccc(OC)c(C(C)(C)C)c1. The third-order valence-electron chi connectivity index (χ3n) is 3.31. The van der Waals surface area contributed by atoms with Gasteiger partial charge in [0.1, 0.15) is 5.75 Å². The Morgan fingerprint density at radius 1 is 1.19 bits per heavy atom. The molecule has 0 unspecified atom stereocenters. The third kappa shape index (κ3) is 5.66. The van der Waals surface area contributed by atoms with Gasteiger partial charge >= 0.3 is 6.03 Å². The van der Waals surface area contributed by atoms with Crippen molar-refractivity contribution in [3.8, 4) is 5.75 Å². The Bertz CT molecular complexity index is 464. The summed E-state index contributed by atoms with van der Waals surface area (Å²) in [6.45, 7) is 9.89. The second kappa shape index (κ2) is 7.91. The van der Waals surface area contributed by atoms with Crippen LogP contribution in [-0.4, -0.2) is 26.2 Å². The minimum absolute atomic E-state index is 0.0350. The van der Waals surface area contributed by atoms with Gasteiger partial charge in [0.25, 0.3) is 0 Å². The zero-order valence-corrected chi connectivity index (χ0v) is 13.9. The Hall–Kier alpha value is -1.71. The van der Waals surface area contributed by atoms with Gasteiger partial charge in [-0.25, -0.2) is 4.79 Å². The molecule has 0 atom stereocenters. The van der Waals surface area contributed by atoms with Gasteiger partial charge in [-0.2, -0.15) is 0 Å². The van der Waals surface area contributed by atoms with Crippen molar-refractivity contribution in [1.29, 1.82) is 0 Å². The largest absolute Gasteiger partial charge is 0.496 e. The second-order valence-corrected chi connectivity index (χ2v) is 6.22. The van der Waals surface area contributed by atoms with Crippen LogP contribution in [-0.2, 0) is 11.8 Å². The highest BCUT2D eigenvalue weighted by Gasteiger charge is 2.19. The van der Waals surface area contributed by atoms with Crippen molar-refractivity contribution in [2.75, 3.05) is 20.2 Å². The topological polar surface area (TPSA) is 50.4 Å². The van der Waals surface area contributed by atoms with E-state index in [9.17, 15) is 4.79 Å². The van der Waals surface area contributed by atoms with Crippen molar-refractivity contribution in [3.63, 3.8) is 0 Å². The summed E-state index contributed by atoms with van der Waals surface area (Å²) in [5, 5.41) is 5.67. The fourth-order valence-electron chi connectivity index (χ4n) is 2.12. The Morgan fingerprint density at radius 2 is 1.86 bits per heavy atom. The van der Waals surface area contributed by atoms with Crippen molar-refractivity contribution in [2.45, 2.75) is 46.0 Å². The summed E-state index contributed by atoms with van der Waals surface area (Å²) in [5.74, 6) is 0.917. The first-order valence-electron chi connectivity index (χ1n) is 7.57. The summed E-state index contributed by atoms with van der Waals surface area (Å²) < 4.78 is 5.43. The number of amides is 2. The lowest BCUT2D eigenvalue weighted by Crippen LogP contribution is -2.36. The first-order chi connectivity index (χ1) is 9.88. The maximum Gasteiger partial charge on any atom is 0.314 e. The predicted octanol–water partition coefficient (Wildman–Crippen LogP) is 3.24. The van der Waals surface area contributed by atoms with Crippen LogP contribution in [0.5, 0.6) is 5.75 Å². The molecule has 2 amide bonds. The number of hydrogen-bond donors (Lipinski definition) is 2. The molecule has 2 N–H and O–H groups in total. The molecule has 1 rings (SSSR count). The standard InChI is InChI=1S/C17H28N2O2/c1-6-10-18-16(20)19-11-9-13-7-8-15(21-5)14(12-13)17(2,3)4/h7-8,12H,6,9-11H2,1-5H3,(H2,18,19,20). The maximum absolute atomic E-state index is 11.5. The van der Waals surface area contributed by atoms with E-state index in [0.29, 0.717) is 13.1 Å². The van der Waals surface area contributed by atoms with Crippen LogP contribution >= 0.6 is 0 Å². The summed E-state index contributed by atoms with van der Waals surface area (Å²) in [4.78, 5) is 11.5. The highest BCUT2D eigenvalue weighted by atomic mass is 16.5. The van der Waals surface area contributed by atoms with Crippen LogP contribution in [0.25, 0.3) is 0 Å². The van der Waals surface area contributed by atoms with Crippen LogP contribution in [0.2, 0.25) is 0 Å². The summed E-state index contributed by atoms with van der Waals surface area (Å²) in [5.41, 5.74) is 2.43. The summed E-state index contributed by atoms with van der Waals surface area (Å²) in [7, 11) is 1.70. The van der Waals surface area contributed by atoms with Gasteiger partial charge in [0.2, 0.25) is 0 Å². The molecule has 0 saturated carbocycles. The highest BCUT2D eigenvalue weighted by molar-refractivity contribution is 5.73. The van der Waals surface area contributed by atoms with Crippen molar-refractivity contribution in [1.82, 2.24) is 10.6 Å². The molecule has 118 valence electrons. The summed E-state index contributed by atoms with van der Waals surface area (Å²) in [6.07, 6.45) is 1.76. The van der Waals surface area contributed by atoms with Crippen molar-refractivity contribution >= 4 is 6.03 Å². The smallest absolute Gasteiger partial charge is 0.314 e. The molecule has 1 aromatic carbocycles. The second-order valence-electron chi connectivity index (χ2n) is 6.22. The van der Waals surface area contributed by atoms with E-state index in [1.54, 1.807) is 7.11 Å². The number of urea groups is 1. The predicted molar refractivity (Wildman–Crippen MR) is 87.1 cm³/mol. The van der Waals surface area contributed by atoms with Gasteiger partial charge in [0.05, 0.1) is 7.11 Å². The monoisotopic (exact) mass is 292 g/mol. The molecule has 4 nitrogen and oxygen atoms in total. The minimum Gasteiger partial charge on any atom is -0.496 e. The molecule has 0 radical (unpaired) electrons. The molecular formula is C17H28N2O2. The molecule has 0 spiro atoms. The average molecular weight is 292 g/mol. The lowest BCUT2D eigenvalue weighted by atomic mass is 9.85. The Morgan fingerprint density at radius 3 is 2.43 bits per heavy atom. The van der Waals surface area contributed by atoms with Gasteiger partial charge in [-0.1, -0.05) is 39.8 Å². The number of rotatable bonds is 6. The molecule has 1 aromatic rings. The molecule has 0 heterocycles. The van der Waals surface area contributed by atoms with E-state index >= 15 is 0 Å². The molecule has 0 saturated heterocycles. The number of hydrogen-bond acceptors (Lipinski definition) is 2. The maximum atomic E-state index is 11.5. The van der Waals surface area contributed by atoms with Crippen LogP contribution in [0.3, 0.4) is 0 Å². The quantitative estimate of drug-likeness (QED) is 0.845. The number of methoxy groups -OCH3 is 1. The van der Waals surface area contributed by atoms with E-state index < -0.39 is 0 Å². The first kappa shape index (κ1) is 17.3. The van der Waals surface area contributed by atoms with E-state index in [4.69, 9.17) is 4.74 Å². The molecule has 0 fully saturated rings. The summed E-state index contributed by atoms with van der Waals surface area (Å²) >= 11 is 0. The first-order valence-corrected chi connectivity index (χ1v) is 7.57. The molecule has 0 aromatic heterocycles. The van der Waals surface area contributed by atoms with Crippen LogP contribution in [0.15, 0.2) is 18.2 Å². The zero-order chi connectivity index (χ0) is 15.9. The Labute approximate surface area is 128 Å².